The summed E-state index contributed by atoms with van der Waals surface area (Å²) in [6.07, 6.45) is 0.200. The molecule has 0 saturated heterocycles. The van der Waals surface area contributed by atoms with Crippen LogP contribution in [0.1, 0.15) is 21.5 Å². The molecule has 3 rings (SSSR count). The molecule has 30 heavy (non-hydrogen) atoms. The average Bonchev–Trinajstić information content (AvgIpc) is 2.78. The van der Waals surface area contributed by atoms with Crippen molar-refractivity contribution in [1.29, 1.82) is 0 Å². The summed E-state index contributed by atoms with van der Waals surface area (Å²) in [5.41, 5.74) is 1.73. The first-order valence-electron chi connectivity index (χ1n) is 9.45. The molecule has 3 aromatic rings. The molecule has 0 saturated carbocycles. The van der Waals surface area contributed by atoms with Gasteiger partial charge in [-0.2, -0.15) is 0 Å². The van der Waals surface area contributed by atoms with Crippen molar-refractivity contribution in [3.8, 4) is 5.75 Å². The molecule has 1 atom stereocenters. The molecule has 0 aliphatic rings. The molecule has 0 aliphatic carbocycles. The van der Waals surface area contributed by atoms with E-state index in [1.165, 1.54) is 25.3 Å². The molecule has 0 spiro atoms. The van der Waals surface area contributed by atoms with Gasteiger partial charge >= 0.3 is 5.97 Å². The number of esters is 1. The SMILES string of the molecule is COC(=O)[C@H](Cc1ccc(OCc2ccccc2)cc1)NC(=O)c1ccccc1F. The predicted molar refractivity (Wildman–Crippen MR) is 111 cm³/mol. The molecule has 1 N–H and O–H groups in total. The number of hydrogen-bond acceptors (Lipinski definition) is 4. The summed E-state index contributed by atoms with van der Waals surface area (Å²) in [6, 6.07) is 21.7. The van der Waals surface area contributed by atoms with Crippen molar-refractivity contribution in [1.82, 2.24) is 5.32 Å². The maximum atomic E-state index is 13.8. The van der Waals surface area contributed by atoms with Crippen molar-refractivity contribution in [2.45, 2.75) is 19.1 Å². The number of ether oxygens (including phenoxy) is 2. The quantitative estimate of drug-likeness (QED) is 0.575. The Morgan fingerprint density at radius 3 is 2.23 bits per heavy atom. The van der Waals surface area contributed by atoms with Gasteiger partial charge in [0.1, 0.15) is 24.2 Å². The highest BCUT2D eigenvalue weighted by Crippen LogP contribution is 2.16. The third kappa shape index (κ3) is 5.67. The Morgan fingerprint density at radius 1 is 0.900 bits per heavy atom. The number of halogens is 1. The molecule has 6 heteroatoms. The van der Waals surface area contributed by atoms with Crippen LogP contribution in [0.3, 0.4) is 0 Å². The Balaban J connectivity index is 1.64. The van der Waals surface area contributed by atoms with Gasteiger partial charge < -0.3 is 14.8 Å². The minimum absolute atomic E-state index is 0.129. The molecule has 0 bridgehead atoms. The third-order valence-electron chi connectivity index (χ3n) is 4.52. The zero-order chi connectivity index (χ0) is 21.3. The highest BCUT2D eigenvalue weighted by atomic mass is 19.1. The maximum Gasteiger partial charge on any atom is 0.328 e. The van der Waals surface area contributed by atoms with Crippen LogP contribution in [-0.4, -0.2) is 25.0 Å². The van der Waals surface area contributed by atoms with E-state index in [0.717, 1.165) is 11.1 Å². The summed E-state index contributed by atoms with van der Waals surface area (Å²) < 4.78 is 24.4. The van der Waals surface area contributed by atoms with Crippen LogP contribution in [0.25, 0.3) is 0 Å². The molecular formula is C24H22FNO4. The summed E-state index contributed by atoms with van der Waals surface area (Å²) in [5, 5.41) is 2.55. The van der Waals surface area contributed by atoms with Crippen molar-refractivity contribution in [2.75, 3.05) is 7.11 Å². The molecule has 1 amide bonds. The van der Waals surface area contributed by atoms with Crippen LogP contribution in [-0.2, 0) is 22.6 Å². The lowest BCUT2D eigenvalue weighted by atomic mass is 10.0. The molecule has 0 aliphatic heterocycles. The minimum Gasteiger partial charge on any atom is -0.489 e. The maximum absolute atomic E-state index is 13.8. The van der Waals surface area contributed by atoms with Crippen LogP contribution in [0.4, 0.5) is 4.39 Å². The Hall–Kier alpha value is -3.67. The van der Waals surface area contributed by atoms with Crippen LogP contribution >= 0.6 is 0 Å². The Labute approximate surface area is 174 Å². The summed E-state index contributed by atoms with van der Waals surface area (Å²) in [5.74, 6) is -1.25. The fourth-order valence-corrected chi connectivity index (χ4v) is 2.92. The number of amides is 1. The second-order valence-corrected chi connectivity index (χ2v) is 6.65. The normalized spacial score (nSPS) is 11.4. The fraction of sp³-hybridized carbons (Fsp3) is 0.167. The van der Waals surface area contributed by atoms with Crippen LogP contribution in [0.2, 0.25) is 0 Å². The lowest BCUT2D eigenvalue weighted by molar-refractivity contribution is -0.142. The first kappa shape index (κ1) is 21.0. The molecule has 3 aromatic carbocycles. The van der Waals surface area contributed by atoms with E-state index in [-0.39, 0.29) is 12.0 Å². The largest absolute Gasteiger partial charge is 0.489 e. The monoisotopic (exact) mass is 407 g/mol. The summed E-state index contributed by atoms with van der Waals surface area (Å²) in [7, 11) is 1.24. The van der Waals surface area contributed by atoms with Gasteiger partial charge in [-0.05, 0) is 35.4 Å². The number of methoxy groups -OCH3 is 1. The van der Waals surface area contributed by atoms with E-state index in [4.69, 9.17) is 9.47 Å². The Kier molecular flexibility index (Phi) is 7.16. The van der Waals surface area contributed by atoms with Crippen molar-refractivity contribution in [3.63, 3.8) is 0 Å². The summed E-state index contributed by atoms with van der Waals surface area (Å²) >= 11 is 0. The predicted octanol–water partition coefficient (Wildman–Crippen LogP) is 3.92. The Bertz CT molecular complexity index is 990. The highest BCUT2D eigenvalue weighted by Gasteiger charge is 2.23. The summed E-state index contributed by atoms with van der Waals surface area (Å²) in [4.78, 5) is 24.5. The van der Waals surface area contributed by atoms with Gasteiger partial charge in [-0.15, -0.1) is 0 Å². The van der Waals surface area contributed by atoms with Crippen molar-refractivity contribution in [3.05, 3.63) is 101 Å². The van der Waals surface area contributed by atoms with Crippen molar-refractivity contribution < 1.29 is 23.5 Å². The second kappa shape index (κ2) is 10.2. The van der Waals surface area contributed by atoms with Gasteiger partial charge in [-0.3, -0.25) is 4.79 Å². The third-order valence-corrected chi connectivity index (χ3v) is 4.52. The van der Waals surface area contributed by atoms with Gasteiger partial charge in [-0.25, -0.2) is 9.18 Å². The van der Waals surface area contributed by atoms with Crippen LogP contribution < -0.4 is 10.1 Å². The zero-order valence-corrected chi connectivity index (χ0v) is 16.5. The van der Waals surface area contributed by atoms with E-state index in [2.05, 4.69) is 5.32 Å². The first-order valence-corrected chi connectivity index (χ1v) is 9.45. The highest BCUT2D eigenvalue weighted by molar-refractivity contribution is 5.97. The summed E-state index contributed by atoms with van der Waals surface area (Å²) in [6.45, 7) is 0.448. The Morgan fingerprint density at radius 2 is 1.57 bits per heavy atom. The van der Waals surface area contributed by atoms with Crippen LogP contribution in [0.15, 0.2) is 78.9 Å². The number of hydrogen-bond donors (Lipinski definition) is 1. The zero-order valence-electron chi connectivity index (χ0n) is 16.5. The van der Waals surface area contributed by atoms with E-state index in [1.807, 2.05) is 42.5 Å². The lowest BCUT2D eigenvalue weighted by Gasteiger charge is -2.17. The molecule has 5 nitrogen and oxygen atoms in total. The molecule has 0 heterocycles. The van der Waals surface area contributed by atoms with Crippen LogP contribution in [0.5, 0.6) is 5.75 Å². The topological polar surface area (TPSA) is 64.6 Å². The van der Waals surface area contributed by atoms with Gasteiger partial charge in [0.25, 0.3) is 5.91 Å². The van der Waals surface area contributed by atoms with Gasteiger partial charge in [0.15, 0.2) is 0 Å². The lowest BCUT2D eigenvalue weighted by Crippen LogP contribution is -2.43. The second-order valence-electron chi connectivity index (χ2n) is 6.65. The average molecular weight is 407 g/mol. The first-order chi connectivity index (χ1) is 14.6. The standard InChI is InChI=1S/C24H22FNO4/c1-29-24(28)22(26-23(27)20-9-5-6-10-21(20)25)15-17-11-13-19(14-12-17)30-16-18-7-3-2-4-8-18/h2-14,22H,15-16H2,1H3,(H,26,27)/t22-/m0/s1. The van der Waals surface area contributed by atoms with Crippen molar-refractivity contribution in [2.24, 2.45) is 0 Å². The van der Waals surface area contributed by atoms with Gasteiger partial charge in [0.2, 0.25) is 0 Å². The van der Waals surface area contributed by atoms with E-state index < -0.39 is 23.7 Å². The van der Waals surface area contributed by atoms with E-state index >= 15 is 0 Å². The number of nitrogens with one attached hydrogen (secondary N) is 1. The molecular weight excluding hydrogens is 385 g/mol. The number of carbonyl (C=O) groups excluding carboxylic acids is 2. The molecule has 154 valence electrons. The molecule has 0 radical (unpaired) electrons. The smallest absolute Gasteiger partial charge is 0.328 e. The van der Waals surface area contributed by atoms with Gasteiger partial charge in [-0.1, -0.05) is 54.6 Å². The number of benzene rings is 3. The fourth-order valence-electron chi connectivity index (χ4n) is 2.92. The van der Waals surface area contributed by atoms with Crippen molar-refractivity contribution >= 4 is 11.9 Å². The number of carbonyl (C=O) groups is 2. The molecule has 0 aromatic heterocycles. The van der Waals surface area contributed by atoms with Gasteiger partial charge in [0, 0.05) is 6.42 Å². The van der Waals surface area contributed by atoms with Gasteiger partial charge in [0.05, 0.1) is 12.7 Å². The number of rotatable bonds is 8. The van der Waals surface area contributed by atoms with E-state index in [0.29, 0.717) is 12.4 Å². The molecule has 0 fully saturated rings. The van der Waals surface area contributed by atoms with Crippen LogP contribution in [0, 0.1) is 5.82 Å². The van der Waals surface area contributed by atoms with E-state index in [1.54, 1.807) is 18.2 Å². The van der Waals surface area contributed by atoms with E-state index in [9.17, 15) is 14.0 Å². The molecule has 0 unspecified atom stereocenters. The minimum atomic E-state index is -0.946.